The van der Waals surface area contributed by atoms with Gasteiger partial charge < -0.3 is 0 Å². The average molecular weight is 282 g/mol. The van der Waals surface area contributed by atoms with E-state index < -0.39 is 0 Å². The maximum Gasteiger partial charge on any atom is 0.106 e. The zero-order valence-electron chi connectivity index (χ0n) is 12.9. The number of nitrogens with one attached hydrogen (secondary N) is 1. The molecule has 1 aliphatic rings. The van der Waals surface area contributed by atoms with Crippen LogP contribution in [0.25, 0.3) is 0 Å². The van der Waals surface area contributed by atoms with E-state index >= 15 is 0 Å². The molecule has 1 N–H and O–H groups in total. The summed E-state index contributed by atoms with van der Waals surface area (Å²) in [5.41, 5.74) is -0.304. The predicted octanol–water partition coefficient (Wildman–Crippen LogP) is 4.50. The molecule has 19 heavy (non-hydrogen) atoms. The first-order valence-corrected chi connectivity index (χ1v) is 8.97. The molecule has 0 saturated heterocycles. The lowest BCUT2D eigenvalue weighted by molar-refractivity contribution is 0.341. The van der Waals surface area contributed by atoms with Gasteiger partial charge in [-0.3, -0.25) is 5.32 Å². The second-order valence-corrected chi connectivity index (χ2v) is 7.49. The fraction of sp³-hybridized carbons (Fsp3) is 0.938. The Labute approximate surface area is 123 Å². The van der Waals surface area contributed by atoms with Crippen LogP contribution in [0.3, 0.4) is 0 Å². The van der Waals surface area contributed by atoms with Crippen LogP contribution in [-0.2, 0) is 0 Å². The number of nitriles is 1. The third kappa shape index (κ3) is 6.19. The molecule has 1 rings (SSSR count). The second kappa shape index (κ2) is 8.87. The van der Waals surface area contributed by atoms with Crippen LogP contribution in [0.1, 0.15) is 72.1 Å². The Morgan fingerprint density at radius 1 is 1.32 bits per heavy atom. The Kier molecular flexibility index (Phi) is 7.87. The molecule has 0 radical (unpaired) electrons. The molecule has 0 aliphatic heterocycles. The van der Waals surface area contributed by atoms with E-state index in [1.165, 1.54) is 37.9 Å². The zero-order chi connectivity index (χ0) is 14.1. The Bertz CT molecular complexity index is 279. The topological polar surface area (TPSA) is 35.8 Å². The first-order valence-electron chi connectivity index (χ1n) is 7.92. The molecule has 110 valence electrons. The summed E-state index contributed by atoms with van der Waals surface area (Å²) in [5, 5.41) is 13.8. The quantitative estimate of drug-likeness (QED) is 0.666. The highest BCUT2D eigenvalue weighted by atomic mass is 32.2. The molecule has 0 aromatic rings. The van der Waals surface area contributed by atoms with Crippen molar-refractivity contribution in [3.05, 3.63) is 0 Å². The van der Waals surface area contributed by atoms with Crippen LogP contribution in [-0.4, -0.2) is 22.6 Å². The average Bonchev–Trinajstić information content (AvgIpc) is 2.43. The van der Waals surface area contributed by atoms with Gasteiger partial charge >= 0.3 is 0 Å². The molecule has 0 aromatic carbocycles. The monoisotopic (exact) mass is 282 g/mol. The minimum atomic E-state index is -0.304. The van der Waals surface area contributed by atoms with Gasteiger partial charge in [0.1, 0.15) is 5.54 Å². The van der Waals surface area contributed by atoms with E-state index in [0.717, 1.165) is 24.5 Å². The number of hydrogen-bond donors (Lipinski definition) is 1. The summed E-state index contributed by atoms with van der Waals surface area (Å²) in [4.78, 5) is 0. The Morgan fingerprint density at radius 2 is 2.00 bits per heavy atom. The molecule has 0 aromatic heterocycles. The lowest BCUT2D eigenvalue weighted by Crippen LogP contribution is -2.47. The van der Waals surface area contributed by atoms with Crippen molar-refractivity contribution in [3.8, 4) is 6.07 Å². The van der Waals surface area contributed by atoms with E-state index in [4.69, 9.17) is 0 Å². The van der Waals surface area contributed by atoms with Gasteiger partial charge in [0.25, 0.3) is 0 Å². The van der Waals surface area contributed by atoms with Crippen molar-refractivity contribution in [1.29, 1.82) is 5.26 Å². The summed E-state index contributed by atoms with van der Waals surface area (Å²) < 4.78 is 0. The van der Waals surface area contributed by atoms with Crippen molar-refractivity contribution < 1.29 is 0 Å². The maximum atomic E-state index is 9.45. The van der Waals surface area contributed by atoms with Crippen molar-refractivity contribution in [2.75, 3.05) is 5.75 Å². The highest BCUT2D eigenvalue weighted by molar-refractivity contribution is 7.99. The molecule has 0 heterocycles. The second-order valence-electron chi connectivity index (χ2n) is 6.08. The zero-order valence-corrected chi connectivity index (χ0v) is 13.7. The summed E-state index contributed by atoms with van der Waals surface area (Å²) in [6, 6.07) is 2.89. The molecule has 0 amide bonds. The molecule has 3 heteroatoms. The molecule has 1 unspecified atom stereocenters. The van der Waals surface area contributed by atoms with Crippen LogP contribution in [0.15, 0.2) is 0 Å². The van der Waals surface area contributed by atoms with Gasteiger partial charge in [0.2, 0.25) is 0 Å². The van der Waals surface area contributed by atoms with E-state index in [1.54, 1.807) is 0 Å². The van der Waals surface area contributed by atoms with Crippen LogP contribution in [0.5, 0.6) is 0 Å². The van der Waals surface area contributed by atoms with Gasteiger partial charge in [-0.2, -0.15) is 17.0 Å². The normalized spacial score (nSPS) is 20.2. The molecule has 1 atom stereocenters. The fourth-order valence-corrected chi connectivity index (χ4v) is 4.24. The van der Waals surface area contributed by atoms with Crippen molar-refractivity contribution >= 4 is 11.8 Å². The Balaban J connectivity index is 2.26. The van der Waals surface area contributed by atoms with Crippen molar-refractivity contribution in [3.63, 3.8) is 0 Å². The van der Waals surface area contributed by atoms with Crippen molar-refractivity contribution in [2.45, 2.75) is 89.0 Å². The van der Waals surface area contributed by atoms with E-state index in [1.807, 2.05) is 0 Å². The number of nitrogens with zero attached hydrogens (tertiary/aromatic N) is 1. The maximum absolute atomic E-state index is 9.45. The van der Waals surface area contributed by atoms with Crippen molar-refractivity contribution in [2.24, 2.45) is 0 Å². The number of hydrogen-bond acceptors (Lipinski definition) is 3. The molecule has 2 nitrogen and oxygen atoms in total. The summed E-state index contributed by atoms with van der Waals surface area (Å²) >= 11 is 2.14. The summed E-state index contributed by atoms with van der Waals surface area (Å²) in [5.74, 6) is 1.22. The van der Waals surface area contributed by atoms with Gasteiger partial charge in [0.05, 0.1) is 6.07 Å². The molecule has 0 bridgehead atoms. The van der Waals surface area contributed by atoms with Gasteiger partial charge in [-0.05, 0) is 51.7 Å². The minimum absolute atomic E-state index is 0.304. The van der Waals surface area contributed by atoms with Crippen LogP contribution in [0, 0.1) is 11.3 Å². The van der Waals surface area contributed by atoms with Gasteiger partial charge in [0, 0.05) is 11.3 Å². The summed E-state index contributed by atoms with van der Waals surface area (Å²) in [6.07, 6.45) is 10.1. The highest BCUT2D eigenvalue weighted by Crippen LogP contribution is 2.29. The van der Waals surface area contributed by atoms with Gasteiger partial charge in [-0.15, -0.1) is 0 Å². The lowest BCUT2D eigenvalue weighted by Gasteiger charge is -2.29. The van der Waals surface area contributed by atoms with Crippen molar-refractivity contribution in [1.82, 2.24) is 5.32 Å². The molecule has 1 fully saturated rings. The highest BCUT2D eigenvalue weighted by Gasteiger charge is 2.27. The minimum Gasteiger partial charge on any atom is -0.297 e. The molecule has 1 saturated carbocycles. The predicted molar refractivity (Wildman–Crippen MR) is 85.5 cm³/mol. The van der Waals surface area contributed by atoms with E-state index in [-0.39, 0.29) is 5.54 Å². The summed E-state index contributed by atoms with van der Waals surface area (Å²) in [6.45, 7) is 6.37. The van der Waals surface area contributed by atoms with Gasteiger partial charge in [-0.1, -0.05) is 26.2 Å². The summed E-state index contributed by atoms with van der Waals surface area (Å²) in [7, 11) is 0. The SMILES string of the molecule is CCC(C#N)(CCCSC1CCCCC1)NC(C)C. The van der Waals surface area contributed by atoms with Gasteiger partial charge in [0.15, 0.2) is 0 Å². The smallest absolute Gasteiger partial charge is 0.106 e. The third-order valence-corrected chi connectivity index (χ3v) is 5.50. The van der Waals surface area contributed by atoms with E-state index in [2.05, 4.69) is 43.9 Å². The standard InChI is InChI=1S/C16H30N2S/c1-4-16(13-17,18-14(2)3)11-8-12-19-15-9-6-5-7-10-15/h14-15,18H,4-12H2,1-3H3. The molecule has 0 spiro atoms. The van der Waals surface area contributed by atoms with Crippen LogP contribution in [0.4, 0.5) is 0 Å². The Hall–Kier alpha value is -0.200. The van der Waals surface area contributed by atoms with E-state index in [9.17, 15) is 5.26 Å². The Morgan fingerprint density at radius 3 is 2.53 bits per heavy atom. The first kappa shape index (κ1) is 16.9. The van der Waals surface area contributed by atoms with Crippen LogP contribution < -0.4 is 5.32 Å². The fourth-order valence-electron chi connectivity index (χ4n) is 2.93. The third-order valence-electron chi connectivity index (χ3n) is 4.04. The lowest BCUT2D eigenvalue weighted by atomic mass is 9.91. The molecular formula is C16H30N2S. The largest absolute Gasteiger partial charge is 0.297 e. The van der Waals surface area contributed by atoms with Crippen LogP contribution >= 0.6 is 11.8 Å². The van der Waals surface area contributed by atoms with E-state index in [0.29, 0.717) is 6.04 Å². The molecular weight excluding hydrogens is 252 g/mol. The number of thioether (sulfide) groups is 1. The van der Waals surface area contributed by atoms with Gasteiger partial charge in [-0.25, -0.2) is 0 Å². The van der Waals surface area contributed by atoms with Crippen LogP contribution in [0.2, 0.25) is 0 Å². The number of rotatable bonds is 8. The first-order chi connectivity index (χ1) is 9.12. The molecule has 1 aliphatic carbocycles.